The third kappa shape index (κ3) is 14.0. The number of unbranched alkanes of at least 4 members (excludes halogenated alkanes) is 8. The highest BCUT2D eigenvalue weighted by Crippen LogP contribution is 2.45. The number of rotatable bonds is 20. The summed E-state index contributed by atoms with van der Waals surface area (Å²) in [6.07, 6.45) is 18.3. The van der Waals surface area contributed by atoms with Crippen molar-refractivity contribution in [3.05, 3.63) is 21.6 Å². The van der Waals surface area contributed by atoms with Crippen LogP contribution in [0, 0.1) is 23.7 Å². The molecule has 2 rings (SSSR count). The molecule has 46 heavy (non-hydrogen) atoms. The number of nitrogens with zero attached hydrogens (tertiary/aromatic N) is 2. The fourth-order valence-corrected chi connectivity index (χ4v) is 7.38. The lowest BCUT2D eigenvalue weighted by atomic mass is 9.62. The Labute approximate surface area is 278 Å². The fraction of sp³-hybridized carbons (Fsp3) is 0.833. The van der Waals surface area contributed by atoms with Crippen molar-refractivity contribution in [1.29, 1.82) is 0 Å². The van der Waals surface area contributed by atoms with Gasteiger partial charge in [0, 0.05) is 23.8 Å². The van der Waals surface area contributed by atoms with Crippen molar-refractivity contribution in [3.63, 3.8) is 0 Å². The lowest BCUT2D eigenvalue weighted by Gasteiger charge is -2.46. The van der Waals surface area contributed by atoms with E-state index in [1.165, 1.54) is 64.2 Å². The number of aromatic nitrogens is 2. The van der Waals surface area contributed by atoms with Gasteiger partial charge in [-0.3, -0.25) is 9.78 Å². The molecule has 0 radical (unpaired) electrons. The molecular weight excluding hydrogens is 580 g/mol. The quantitative estimate of drug-likeness (QED) is 0.0488. The molecule has 1 saturated carbocycles. The van der Waals surface area contributed by atoms with Crippen LogP contribution >= 0.6 is 0 Å². The maximum absolute atomic E-state index is 13.0. The van der Waals surface area contributed by atoms with Crippen LogP contribution in [-0.4, -0.2) is 41.3 Å². The highest BCUT2D eigenvalue weighted by molar-refractivity contribution is 5.88. The Kier molecular flexibility index (Phi) is 17.1. The molecule has 1 heterocycles. The Balaban J connectivity index is 1.93. The van der Waals surface area contributed by atoms with Crippen molar-refractivity contribution in [2.24, 2.45) is 22.6 Å². The van der Waals surface area contributed by atoms with Gasteiger partial charge in [0.2, 0.25) is 5.95 Å². The first kappa shape index (κ1) is 39.6. The van der Waals surface area contributed by atoms with Gasteiger partial charge in [0.1, 0.15) is 0 Å². The molecule has 10 nitrogen and oxygen atoms in total. The number of amides is 3. The lowest BCUT2D eigenvalue weighted by molar-refractivity contribution is 0.0633. The topological polar surface area (TPSA) is 142 Å². The monoisotopic (exact) mass is 647 g/mol. The number of hydrogen-bond donors (Lipinski definition) is 4. The third-order valence-electron chi connectivity index (χ3n) is 9.47. The second-order valence-corrected chi connectivity index (χ2v) is 15.0. The standard InChI is InChI=1S/C36H66N6O4/c1-8-11-13-15-16-18-21-28(20-17-14-12-9-2)24-46-34(45)40-29-22-35(5,6)25-36(7,23-29)26-38-33(44)42(37)32-39-27(4)30(19-10-3)31(43)41-32/h28-29H,8-26,37H2,1-7H3,(H,38,44)(H,40,45)(H,39,41,43). The summed E-state index contributed by atoms with van der Waals surface area (Å²) in [5.74, 6) is 6.50. The van der Waals surface area contributed by atoms with E-state index >= 15 is 0 Å². The molecule has 0 bridgehead atoms. The van der Waals surface area contributed by atoms with Crippen LogP contribution in [0.5, 0.6) is 0 Å². The van der Waals surface area contributed by atoms with Gasteiger partial charge in [-0.2, -0.15) is 5.01 Å². The van der Waals surface area contributed by atoms with Crippen LogP contribution in [0.4, 0.5) is 15.5 Å². The highest BCUT2D eigenvalue weighted by atomic mass is 16.5. The zero-order valence-electron chi connectivity index (χ0n) is 30.2. The summed E-state index contributed by atoms with van der Waals surface area (Å²) in [4.78, 5) is 45.6. The molecule has 3 atom stereocenters. The summed E-state index contributed by atoms with van der Waals surface area (Å²) in [7, 11) is 0. The van der Waals surface area contributed by atoms with E-state index in [0.717, 1.165) is 37.1 Å². The van der Waals surface area contributed by atoms with Crippen molar-refractivity contribution >= 4 is 18.1 Å². The van der Waals surface area contributed by atoms with E-state index < -0.39 is 6.03 Å². The Morgan fingerprint density at radius 1 is 0.978 bits per heavy atom. The van der Waals surface area contributed by atoms with Crippen molar-refractivity contribution in [2.75, 3.05) is 18.2 Å². The summed E-state index contributed by atoms with van der Waals surface area (Å²) < 4.78 is 5.84. The number of hydrazine groups is 1. The van der Waals surface area contributed by atoms with Gasteiger partial charge in [-0.25, -0.2) is 20.4 Å². The molecule has 1 aliphatic rings. The summed E-state index contributed by atoms with van der Waals surface area (Å²) in [6.45, 7) is 15.6. The van der Waals surface area contributed by atoms with Crippen LogP contribution in [0.3, 0.4) is 0 Å². The molecule has 0 saturated heterocycles. The van der Waals surface area contributed by atoms with E-state index in [4.69, 9.17) is 10.6 Å². The Bertz CT molecular complexity index is 1120. The average molecular weight is 647 g/mol. The van der Waals surface area contributed by atoms with Crippen molar-refractivity contribution in [2.45, 2.75) is 164 Å². The molecule has 1 fully saturated rings. The Morgan fingerprint density at radius 2 is 1.59 bits per heavy atom. The number of aromatic amines is 1. The number of carbonyl (C=O) groups is 2. The number of urea groups is 1. The molecule has 0 aromatic carbocycles. The molecule has 0 aliphatic heterocycles. The summed E-state index contributed by atoms with van der Waals surface area (Å²) in [5, 5.41) is 6.96. The van der Waals surface area contributed by atoms with Crippen molar-refractivity contribution in [1.82, 2.24) is 20.6 Å². The van der Waals surface area contributed by atoms with Gasteiger partial charge in [-0.1, -0.05) is 112 Å². The second kappa shape index (κ2) is 19.9. The Hall–Kier alpha value is -2.62. The summed E-state index contributed by atoms with van der Waals surface area (Å²) in [5.41, 5.74) is 0.568. The molecule has 264 valence electrons. The minimum atomic E-state index is -0.547. The predicted molar refractivity (Wildman–Crippen MR) is 188 cm³/mol. The second-order valence-electron chi connectivity index (χ2n) is 15.0. The van der Waals surface area contributed by atoms with Gasteiger partial charge < -0.3 is 15.4 Å². The van der Waals surface area contributed by atoms with Crippen molar-refractivity contribution < 1.29 is 14.3 Å². The van der Waals surface area contributed by atoms with Gasteiger partial charge in [0.15, 0.2) is 0 Å². The SMILES string of the molecule is CCCCCCCCC(CCCCCC)COC(=O)NC1CC(C)(C)CC(C)(CNC(=O)N(N)c2nc(C)c(CCC)c(=O)[nH]2)C1. The van der Waals surface area contributed by atoms with Gasteiger partial charge >= 0.3 is 12.1 Å². The van der Waals surface area contributed by atoms with E-state index in [0.29, 0.717) is 43.2 Å². The molecule has 5 N–H and O–H groups in total. The van der Waals surface area contributed by atoms with Crippen LogP contribution in [0.1, 0.15) is 156 Å². The number of carbonyl (C=O) groups excluding carboxylic acids is 2. The number of hydrogen-bond acceptors (Lipinski definition) is 6. The molecule has 3 unspecified atom stereocenters. The molecule has 0 spiro atoms. The number of alkyl carbamates (subject to hydrolysis) is 1. The molecule has 1 aliphatic carbocycles. The van der Waals surface area contributed by atoms with E-state index in [9.17, 15) is 14.4 Å². The zero-order valence-corrected chi connectivity index (χ0v) is 30.2. The fourth-order valence-electron chi connectivity index (χ4n) is 7.38. The number of aryl methyl sites for hydroxylation is 1. The van der Waals surface area contributed by atoms with E-state index in [1.807, 2.05) is 6.92 Å². The van der Waals surface area contributed by atoms with Crippen LogP contribution in [0.25, 0.3) is 0 Å². The minimum Gasteiger partial charge on any atom is -0.449 e. The van der Waals surface area contributed by atoms with E-state index in [1.54, 1.807) is 6.92 Å². The van der Waals surface area contributed by atoms with Crippen LogP contribution in [0.2, 0.25) is 0 Å². The van der Waals surface area contributed by atoms with E-state index in [-0.39, 0.29) is 34.5 Å². The van der Waals surface area contributed by atoms with Gasteiger partial charge in [0.25, 0.3) is 5.56 Å². The first-order chi connectivity index (χ1) is 21.8. The molecule has 1 aromatic heterocycles. The number of ether oxygens (including phenoxy) is 1. The number of anilines is 1. The average Bonchev–Trinajstić information content (AvgIpc) is 2.98. The van der Waals surface area contributed by atoms with Crippen LogP contribution < -0.4 is 27.0 Å². The van der Waals surface area contributed by atoms with Gasteiger partial charge in [0.05, 0.1) is 6.61 Å². The first-order valence-electron chi connectivity index (χ1n) is 18.2. The smallest absolute Gasteiger partial charge is 0.407 e. The molecule has 1 aromatic rings. The molecular formula is C36H66N6O4. The first-order valence-corrected chi connectivity index (χ1v) is 18.2. The third-order valence-corrected chi connectivity index (χ3v) is 9.47. The number of nitrogens with two attached hydrogens (primary N) is 1. The normalized spacial score (nSPS) is 19.8. The number of nitrogens with one attached hydrogen (secondary N) is 3. The lowest BCUT2D eigenvalue weighted by Crippen LogP contribution is -2.53. The largest absolute Gasteiger partial charge is 0.449 e. The maximum Gasteiger partial charge on any atom is 0.407 e. The predicted octanol–water partition coefficient (Wildman–Crippen LogP) is 8.07. The zero-order chi connectivity index (χ0) is 34.2. The molecule has 10 heteroatoms. The maximum atomic E-state index is 13.0. The summed E-state index contributed by atoms with van der Waals surface area (Å²) >= 11 is 0. The number of H-pyrrole nitrogens is 1. The van der Waals surface area contributed by atoms with Crippen LogP contribution in [-0.2, 0) is 11.2 Å². The summed E-state index contributed by atoms with van der Waals surface area (Å²) in [6, 6.07) is -0.616. The van der Waals surface area contributed by atoms with Crippen LogP contribution in [0.15, 0.2) is 4.79 Å². The highest BCUT2D eigenvalue weighted by Gasteiger charge is 2.42. The Morgan fingerprint density at radius 3 is 2.20 bits per heavy atom. The van der Waals surface area contributed by atoms with Gasteiger partial charge in [-0.05, 0) is 62.2 Å². The van der Waals surface area contributed by atoms with Crippen molar-refractivity contribution in [3.8, 4) is 0 Å². The van der Waals surface area contributed by atoms with Gasteiger partial charge in [-0.15, -0.1) is 0 Å². The van der Waals surface area contributed by atoms with E-state index in [2.05, 4.69) is 55.2 Å². The molecule has 3 amide bonds. The minimum absolute atomic E-state index is 0.0106.